The zero-order valence-corrected chi connectivity index (χ0v) is 7.69. The number of unbranched alkanes of at least 4 members (excludes halogenated alkanes) is 1. The lowest BCUT2D eigenvalue weighted by atomic mass is 10.1. The summed E-state index contributed by atoms with van der Waals surface area (Å²) in [5, 5.41) is 0. The predicted molar refractivity (Wildman–Crippen MR) is 50.6 cm³/mol. The van der Waals surface area contributed by atoms with Crippen molar-refractivity contribution in [1.82, 2.24) is 0 Å². The second-order valence-corrected chi connectivity index (χ2v) is 3.23. The van der Waals surface area contributed by atoms with Gasteiger partial charge in [0.1, 0.15) is 0 Å². The Kier molecular flexibility index (Phi) is 3.41. The van der Waals surface area contributed by atoms with E-state index in [0.717, 1.165) is 0 Å². The Bertz CT molecular complexity index is 166. The van der Waals surface area contributed by atoms with Crippen LogP contribution in [-0.4, -0.2) is 0 Å². The number of hydrogen-bond donors (Lipinski definition) is 0. The van der Waals surface area contributed by atoms with Gasteiger partial charge in [-0.3, -0.25) is 0 Å². The van der Waals surface area contributed by atoms with E-state index in [2.05, 4.69) is 26.0 Å². The third kappa shape index (κ3) is 2.92. The molecule has 0 spiro atoms. The Morgan fingerprint density at radius 3 is 2.64 bits per heavy atom. The normalized spacial score (nSPS) is 16.0. The Morgan fingerprint density at radius 1 is 1.45 bits per heavy atom. The van der Waals surface area contributed by atoms with Gasteiger partial charge in [-0.2, -0.15) is 0 Å². The van der Waals surface area contributed by atoms with Gasteiger partial charge in [0.2, 0.25) is 0 Å². The lowest BCUT2D eigenvalue weighted by Gasteiger charge is -1.98. The van der Waals surface area contributed by atoms with Crippen LogP contribution in [0.1, 0.15) is 46.0 Å². The van der Waals surface area contributed by atoms with Gasteiger partial charge in [0.25, 0.3) is 0 Å². The van der Waals surface area contributed by atoms with Crippen LogP contribution in [0.15, 0.2) is 23.3 Å². The Morgan fingerprint density at radius 2 is 2.18 bits per heavy atom. The topological polar surface area (TPSA) is 0 Å². The number of hydrogen-bond acceptors (Lipinski definition) is 0. The fraction of sp³-hybridized carbons (Fsp3) is 0.636. The monoisotopic (exact) mass is 150 g/mol. The van der Waals surface area contributed by atoms with E-state index in [1.807, 2.05) is 0 Å². The smallest absolute Gasteiger partial charge is 0.0277 e. The molecule has 0 bridgehead atoms. The maximum absolute atomic E-state index is 2.29. The standard InChI is InChI=1S/C11H18/c1-3-5-7-10(6-4-2)11-8-9-11/h4,6H,3,5,7-9H2,1-2H3. The summed E-state index contributed by atoms with van der Waals surface area (Å²) in [6.45, 7) is 4.36. The van der Waals surface area contributed by atoms with Gasteiger partial charge in [0.05, 0.1) is 0 Å². The minimum atomic E-state index is 1.30. The maximum Gasteiger partial charge on any atom is -0.0277 e. The van der Waals surface area contributed by atoms with Crippen molar-refractivity contribution < 1.29 is 0 Å². The van der Waals surface area contributed by atoms with E-state index in [9.17, 15) is 0 Å². The van der Waals surface area contributed by atoms with E-state index in [4.69, 9.17) is 0 Å². The Hall–Kier alpha value is -0.520. The molecule has 1 aliphatic carbocycles. The van der Waals surface area contributed by atoms with E-state index in [1.54, 1.807) is 11.1 Å². The molecule has 0 aliphatic heterocycles. The largest absolute Gasteiger partial charge is 0.0874 e. The first-order valence-corrected chi connectivity index (χ1v) is 4.72. The van der Waals surface area contributed by atoms with Crippen LogP contribution < -0.4 is 0 Å². The van der Waals surface area contributed by atoms with Gasteiger partial charge in [-0.05, 0) is 38.2 Å². The molecule has 0 unspecified atom stereocenters. The summed E-state index contributed by atoms with van der Waals surface area (Å²) in [5.41, 5.74) is 3.32. The van der Waals surface area contributed by atoms with Crippen LogP contribution in [0.3, 0.4) is 0 Å². The fourth-order valence-electron chi connectivity index (χ4n) is 1.33. The van der Waals surface area contributed by atoms with Gasteiger partial charge in [-0.15, -0.1) is 0 Å². The predicted octanol–water partition coefficient (Wildman–Crippen LogP) is 3.84. The number of allylic oxidation sites excluding steroid dienone is 4. The van der Waals surface area contributed by atoms with Crippen molar-refractivity contribution in [3.63, 3.8) is 0 Å². The van der Waals surface area contributed by atoms with E-state index >= 15 is 0 Å². The molecule has 0 heterocycles. The van der Waals surface area contributed by atoms with E-state index < -0.39 is 0 Å². The molecule has 1 saturated carbocycles. The lowest BCUT2D eigenvalue weighted by Crippen LogP contribution is -1.78. The molecule has 1 rings (SSSR count). The average Bonchev–Trinajstić information content (AvgIpc) is 2.80. The summed E-state index contributed by atoms with van der Waals surface area (Å²) in [7, 11) is 0. The third-order valence-electron chi connectivity index (χ3n) is 2.12. The van der Waals surface area contributed by atoms with Crippen molar-refractivity contribution in [2.24, 2.45) is 0 Å². The third-order valence-corrected chi connectivity index (χ3v) is 2.12. The molecule has 0 N–H and O–H groups in total. The first-order chi connectivity index (χ1) is 5.38. The van der Waals surface area contributed by atoms with E-state index in [-0.39, 0.29) is 0 Å². The molecule has 11 heavy (non-hydrogen) atoms. The highest BCUT2D eigenvalue weighted by Crippen LogP contribution is 2.34. The minimum absolute atomic E-state index is 1.30. The summed E-state index contributed by atoms with van der Waals surface area (Å²) in [6.07, 6.45) is 11.1. The molecule has 0 atom stereocenters. The molecular weight excluding hydrogens is 132 g/mol. The molecule has 1 aliphatic rings. The molecule has 1 fully saturated rings. The van der Waals surface area contributed by atoms with Crippen LogP contribution in [-0.2, 0) is 0 Å². The van der Waals surface area contributed by atoms with Crippen molar-refractivity contribution in [2.75, 3.05) is 0 Å². The van der Waals surface area contributed by atoms with Crippen LogP contribution in [0.2, 0.25) is 0 Å². The van der Waals surface area contributed by atoms with Crippen molar-refractivity contribution in [3.05, 3.63) is 23.3 Å². The lowest BCUT2D eigenvalue weighted by molar-refractivity contribution is 0.796. The summed E-state index contributed by atoms with van der Waals surface area (Å²) < 4.78 is 0. The van der Waals surface area contributed by atoms with Gasteiger partial charge >= 0.3 is 0 Å². The highest BCUT2D eigenvalue weighted by molar-refractivity contribution is 5.32. The Balaban J connectivity index is 2.41. The van der Waals surface area contributed by atoms with Crippen molar-refractivity contribution in [3.8, 4) is 0 Å². The summed E-state index contributed by atoms with van der Waals surface area (Å²) in [4.78, 5) is 0. The van der Waals surface area contributed by atoms with Gasteiger partial charge in [0, 0.05) is 0 Å². The first-order valence-electron chi connectivity index (χ1n) is 4.72. The highest BCUT2D eigenvalue weighted by atomic mass is 14.2. The highest BCUT2D eigenvalue weighted by Gasteiger charge is 2.14. The van der Waals surface area contributed by atoms with Gasteiger partial charge in [-0.1, -0.05) is 31.1 Å². The molecule has 0 saturated heterocycles. The summed E-state index contributed by atoms with van der Waals surface area (Å²) in [6, 6.07) is 0. The van der Waals surface area contributed by atoms with Crippen LogP contribution in [0, 0.1) is 0 Å². The molecular formula is C11H18. The van der Waals surface area contributed by atoms with Crippen LogP contribution >= 0.6 is 0 Å². The summed E-state index contributed by atoms with van der Waals surface area (Å²) in [5.74, 6) is 0. The molecule has 62 valence electrons. The van der Waals surface area contributed by atoms with Crippen molar-refractivity contribution in [1.29, 1.82) is 0 Å². The average molecular weight is 150 g/mol. The van der Waals surface area contributed by atoms with E-state index in [1.165, 1.54) is 32.1 Å². The van der Waals surface area contributed by atoms with Crippen molar-refractivity contribution >= 4 is 0 Å². The second-order valence-electron chi connectivity index (χ2n) is 3.23. The quantitative estimate of drug-likeness (QED) is 0.571. The first kappa shape index (κ1) is 8.58. The Labute approximate surface area is 70.0 Å². The molecule has 0 aromatic heterocycles. The molecule has 0 aromatic rings. The molecule has 0 nitrogen and oxygen atoms in total. The number of rotatable bonds is 4. The minimum Gasteiger partial charge on any atom is -0.0874 e. The fourth-order valence-corrected chi connectivity index (χ4v) is 1.33. The van der Waals surface area contributed by atoms with Gasteiger partial charge in [-0.25, -0.2) is 0 Å². The van der Waals surface area contributed by atoms with Crippen LogP contribution in [0.25, 0.3) is 0 Å². The second kappa shape index (κ2) is 4.38. The zero-order valence-electron chi connectivity index (χ0n) is 7.69. The molecule has 0 aromatic carbocycles. The maximum atomic E-state index is 2.29. The van der Waals surface area contributed by atoms with Crippen LogP contribution in [0.4, 0.5) is 0 Å². The molecule has 0 amide bonds. The summed E-state index contributed by atoms with van der Waals surface area (Å²) >= 11 is 0. The van der Waals surface area contributed by atoms with E-state index in [0.29, 0.717) is 0 Å². The SMILES string of the molecule is CC=CC(CCCC)=C1CC1. The van der Waals surface area contributed by atoms with Crippen LogP contribution in [0.5, 0.6) is 0 Å². The van der Waals surface area contributed by atoms with Gasteiger partial charge < -0.3 is 0 Å². The van der Waals surface area contributed by atoms with Crippen molar-refractivity contribution in [2.45, 2.75) is 46.0 Å². The molecule has 0 radical (unpaired) electrons. The van der Waals surface area contributed by atoms with Gasteiger partial charge in [0.15, 0.2) is 0 Å². The zero-order chi connectivity index (χ0) is 8.10. The molecule has 0 heteroatoms.